The van der Waals surface area contributed by atoms with Crippen molar-refractivity contribution in [3.8, 4) is 11.4 Å². The summed E-state index contributed by atoms with van der Waals surface area (Å²) in [6, 6.07) is 8.25. The van der Waals surface area contributed by atoms with Crippen LogP contribution in [0.25, 0.3) is 11.4 Å². The van der Waals surface area contributed by atoms with Gasteiger partial charge in [-0.15, -0.1) is 0 Å². The van der Waals surface area contributed by atoms with Crippen molar-refractivity contribution >= 4 is 0 Å². The summed E-state index contributed by atoms with van der Waals surface area (Å²) < 4.78 is 0. The molecule has 1 fully saturated rings. The number of nitrogens with one attached hydrogen (secondary N) is 2. The van der Waals surface area contributed by atoms with E-state index < -0.39 is 0 Å². The SMILES string of the molecule is Cc1cccc(-c2n[nH]c(C3CNC3)n2)c1. The van der Waals surface area contributed by atoms with E-state index in [1.165, 1.54) is 5.56 Å². The molecule has 0 unspecified atom stereocenters. The summed E-state index contributed by atoms with van der Waals surface area (Å²) >= 11 is 0. The molecule has 0 atom stereocenters. The molecule has 1 aromatic heterocycles. The number of H-pyrrole nitrogens is 1. The second-order valence-electron chi connectivity index (χ2n) is 4.27. The number of hydrogen-bond acceptors (Lipinski definition) is 3. The fourth-order valence-electron chi connectivity index (χ4n) is 1.85. The predicted octanol–water partition coefficient (Wildman–Crippen LogP) is 1.47. The van der Waals surface area contributed by atoms with E-state index >= 15 is 0 Å². The molecule has 0 amide bonds. The maximum atomic E-state index is 4.54. The Kier molecular flexibility index (Phi) is 2.22. The third-order valence-electron chi connectivity index (χ3n) is 2.95. The Morgan fingerprint density at radius 1 is 1.31 bits per heavy atom. The highest BCUT2D eigenvalue weighted by Crippen LogP contribution is 2.20. The maximum Gasteiger partial charge on any atom is 0.181 e. The molecule has 16 heavy (non-hydrogen) atoms. The molecule has 1 aliphatic rings. The van der Waals surface area contributed by atoms with Gasteiger partial charge in [-0.05, 0) is 13.0 Å². The normalized spacial score (nSPS) is 16.1. The lowest BCUT2D eigenvalue weighted by molar-refractivity contribution is 0.431. The highest BCUT2D eigenvalue weighted by Gasteiger charge is 2.22. The Morgan fingerprint density at radius 3 is 2.88 bits per heavy atom. The number of aryl methyl sites for hydroxylation is 1. The molecule has 2 heterocycles. The second-order valence-corrected chi connectivity index (χ2v) is 4.27. The van der Waals surface area contributed by atoms with Gasteiger partial charge in [0.1, 0.15) is 5.82 Å². The summed E-state index contributed by atoms with van der Waals surface area (Å²) in [6.07, 6.45) is 0. The van der Waals surface area contributed by atoms with Crippen LogP contribution in [-0.4, -0.2) is 28.3 Å². The smallest absolute Gasteiger partial charge is 0.181 e. The summed E-state index contributed by atoms with van der Waals surface area (Å²) in [7, 11) is 0. The quantitative estimate of drug-likeness (QED) is 0.796. The summed E-state index contributed by atoms with van der Waals surface area (Å²) in [5, 5.41) is 10.5. The van der Waals surface area contributed by atoms with Crippen LogP contribution < -0.4 is 5.32 Å². The zero-order valence-electron chi connectivity index (χ0n) is 9.20. The maximum absolute atomic E-state index is 4.54. The van der Waals surface area contributed by atoms with E-state index in [2.05, 4.69) is 39.6 Å². The van der Waals surface area contributed by atoms with Crippen LogP contribution in [0.2, 0.25) is 0 Å². The zero-order valence-corrected chi connectivity index (χ0v) is 9.20. The van der Waals surface area contributed by atoms with Gasteiger partial charge in [0.15, 0.2) is 5.82 Å². The van der Waals surface area contributed by atoms with Crippen LogP contribution in [0.5, 0.6) is 0 Å². The molecular formula is C12H14N4. The Labute approximate surface area is 94.1 Å². The molecule has 3 rings (SSSR count). The van der Waals surface area contributed by atoms with Crippen LogP contribution in [0.15, 0.2) is 24.3 Å². The van der Waals surface area contributed by atoms with Gasteiger partial charge in [0.05, 0.1) is 0 Å². The summed E-state index contributed by atoms with van der Waals surface area (Å²) in [6.45, 7) is 4.08. The van der Waals surface area contributed by atoms with Crippen LogP contribution in [0.4, 0.5) is 0 Å². The van der Waals surface area contributed by atoms with E-state index in [0.717, 1.165) is 30.3 Å². The minimum Gasteiger partial charge on any atom is -0.315 e. The Hall–Kier alpha value is -1.68. The van der Waals surface area contributed by atoms with Crippen LogP contribution in [0.1, 0.15) is 17.3 Å². The predicted molar refractivity (Wildman–Crippen MR) is 62.2 cm³/mol. The van der Waals surface area contributed by atoms with E-state index in [9.17, 15) is 0 Å². The Bertz CT molecular complexity index is 499. The van der Waals surface area contributed by atoms with Crippen molar-refractivity contribution in [1.82, 2.24) is 20.5 Å². The zero-order chi connectivity index (χ0) is 11.0. The van der Waals surface area contributed by atoms with E-state index in [0.29, 0.717) is 5.92 Å². The largest absolute Gasteiger partial charge is 0.315 e. The van der Waals surface area contributed by atoms with Crippen LogP contribution in [0, 0.1) is 6.92 Å². The van der Waals surface area contributed by atoms with E-state index in [1.54, 1.807) is 0 Å². The highest BCUT2D eigenvalue weighted by atomic mass is 15.2. The molecule has 1 aliphatic heterocycles. The molecule has 0 aliphatic carbocycles. The minimum atomic E-state index is 0.506. The standard InChI is InChI=1S/C12H14N4/c1-8-3-2-4-9(5-8)11-14-12(16-15-11)10-6-13-7-10/h2-5,10,13H,6-7H2,1H3,(H,14,15,16). The fraction of sp³-hybridized carbons (Fsp3) is 0.333. The van der Waals surface area contributed by atoms with Crippen molar-refractivity contribution in [3.05, 3.63) is 35.7 Å². The number of nitrogens with zero attached hydrogens (tertiary/aromatic N) is 2. The lowest BCUT2D eigenvalue weighted by Gasteiger charge is -2.24. The minimum absolute atomic E-state index is 0.506. The number of benzene rings is 1. The van der Waals surface area contributed by atoms with Gasteiger partial charge in [-0.3, -0.25) is 5.10 Å². The summed E-state index contributed by atoms with van der Waals surface area (Å²) in [5.41, 5.74) is 2.31. The molecule has 0 spiro atoms. The van der Waals surface area contributed by atoms with Crippen LogP contribution >= 0.6 is 0 Å². The monoisotopic (exact) mass is 214 g/mol. The van der Waals surface area contributed by atoms with E-state index in [4.69, 9.17) is 0 Å². The molecule has 2 N–H and O–H groups in total. The van der Waals surface area contributed by atoms with Crippen LogP contribution in [0.3, 0.4) is 0 Å². The third-order valence-corrected chi connectivity index (χ3v) is 2.95. The molecule has 82 valence electrons. The molecule has 4 nitrogen and oxygen atoms in total. The molecule has 0 saturated carbocycles. The average Bonchev–Trinajstić information content (AvgIpc) is 2.64. The molecule has 2 aromatic rings. The summed E-state index contributed by atoms with van der Waals surface area (Å²) in [5.74, 6) is 2.30. The van der Waals surface area contributed by atoms with Crippen molar-refractivity contribution in [1.29, 1.82) is 0 Å². The number of hydrogen-bond donors (Lipinski definition) is 2. The van der Waals surface area contributed by atoms with Crippen molar-refractivity contribution in [2.75, 3.05) is 13.1 Å². The van der Waals surface area contributed by atoms with Crippen molar-refractivity contribution in [3.63, 3.8) is 0 Å². The second kappa shape index (κ2) is 3.72. The van der Waals surface area contributed by atoms with Gasteiger partial charge < -0.3 is 5.32 Å². The van der Waals surface area contributed by atoms with Crippen molar-refractivity contribution in [2.24, 2.45) is 0 Å². The molecular weight excluding hydrogens is 200 g/mol. The first-order valence-corrected chi connectivity index (χ1v) is 5.53. The van der Waals surface area contributed by atoms with Gasteiger partial charge in [-0.25, -0.2) is 4.98 Å². The number of aromatic nitrogens is 3. The lowest BCUT2D eigenvalue weighted by atomic mass is 10.0. The number of aromatic amines is 1. The van der Waals surface area contributed by atoms with E-state index in [1.807, 2.05) is 12.1 Å². The topological polar surface area (TPSA) is 53.6 Å². The first kappa shape index (κ1) is 9.54. The first-order valence-electron chi connectivity index (χ1n) is 5.53. The third kappa shape index (κ3) is 1.61. The van der Waals surface area contributed by atoms with Crippen molar-refractivity contribution < 1.29 is 0 Å². The van der Waals surface area contributed by atoms with Gasteiger partial charge in [0.2, 0.25) is 0 Å². The number of rotatable bonds is 2. The molecule has 4 heteroatoms. The first-order chi connectivity index (χ1) is 7.83. The molecule has 1 aromatic carbocycles. The van der Waals surface area contributed by atoms with Crippen LogP contribution in [-0.2, 0) is 0 Å². The van der Waals surface area contributed by atoms with Gasteiger partial charge >= 0.3 is 0 Å². The Balaban J connectivity index is 1.91. The van der Waals surface area contributed by atoms with Crippen molar-refractivity contribution in [2.45, 2.75) is 12.8 Å². The highest BCUT2D eigenvalue weighted by molar-refractivity contribution is 5.55. The van der Waals surface area contributed by atoms with Gasteiger partial charge in [0, 0.05) is 24.6 Å². The molecule has 1 saturated heterocycles. The average molecular weight is 214 g/mol. The van der Waals surface area contributed by atoms with Gasteiger partial charge in [-0.2, -0.15) is 5.10 Å². The van der Waals surface area contributed by atoms with E-state index in [-0.39, 0.29) is 0 Å². The summed E-state index contributed by atoms with van der Waals surface area (Å²) in [4.78, 5) is 4.54. The van der Waals surface area contributed by atoms with Gasteiger partial charge in [-0.1, -0.05) is 23.8 Å². The molecule has 0 bridgehead atoms. The molecule has 0 radical (unpaired) electrons. The van der Waals surface area contributed by atoms with Gasteiger partial charge in [0.25, 0.3) is 0 Å². The Morgan fingerprint density at radius 2 is 2.19 bits per heavy atom. The fourth-order valence-corrected chi connectivity index (χ4v) is 1.85. The lowest BCUT2D eigenvalue weighted by Crippen LogP contribution is -2.40.